The van der Waals surface area contributed by atoms with Crippen molar-refractivity contribution in [3.63, 3.8) is 0 Å². The zero-order valence-corrected chi connectivity index (χ0v) is 15.2. The number of carbonyl (C=O) groups excluding carboxylic acids is 1. The Morgan fingerprint density at radius 2 is 2.19 bits per heavy atom. The maximum absolute atomic E-state index is 11.8. The zero-order chi connectivity index (χ0) is 19.8. The number of benzene rings is 1. The van der Waals surface area contributed by atoms with E-state index in [0.717, 1.165) is 0 Å². The van der Waals surface area contributed by atoms with Crippen molar-refractivity contribution in [2.75, 3.05) is 25.6 Å². The third-order valence-electron chi connectivity index (χ3n) is 3.07. The van der Waals surface area contributed by atoms with Crippen LogP contribution < -0.4 is 31.5 Å². The van der Waals surface area contributed by atoms with E-state index in [1.165, 1.54) is 13.3 Å². The van der Waals surface area contributed by atoms with Gasteiger partial charge in [0.05, 0.1) is 31.5 Å². The molecular formula is C15H17ClN6O5. The summed E-state index contributed by atoms with van der Waals surface area (Å²) < 4.78 is 10.6. The third kappa shape index (κ3) is 5.57. The minimum absolute atomic E-state index is 0.197. The Labute approximate surface area is 157 Å². The van der Waals surface area contributed by atoms with Crippen LogP contribution in [0.2, 0.25) is 5.02 Å². The van der Waals surface area contributed by atoms with Crippen LogP contribution in [0.5, 0.6) is 11.5 Å². The lowest BCUT2D eigenvalue weighted by Crippen LogP contribution is -2.31. The normalized spacial score (nSPS) is 10.6. The van der Waals surface area contributed by atoms with Gasteiger partial charge in [-0.05, 0) is 24.6 Å². The molecule has 1 amide bonds. The predicted molar refractivity (Wildman–Crippen MR) is 98.9 cm³/mol. The second kappa shape index (κ2) is 9.38. The average molecular weight is 397 g/mol. The molecule has 1 aromatic carbocycles. The second-order valence-electron chi connectivity index (χ2n) is 4.97. The summed E-state index contributed by atoms with van der Waals surface area (Å²) in [5, 5.41) is 12.1. The third-order valence-corrected chi connectivity index (χ3v) is 3.35. The van der Waals surface area contributed by atoms with Crippen molar-refractivity contribution >= 4 is 29.5 Å². The Kier molecular flexibility index (Phi) is 6.94. The van der Waals surface area contributed by atoms with Crippen molar-refractivity contribution in [1.82, 2.24) is 20.6 Å². The number of hydrogen-bond donors (Lipinski definition) is 4. The van der Waals surface area contributed by atoms with Gasteiger partial charge in [-0.2, -0.15) is 5.10 Å². The smallest absolute Gasteiger partial charge is 0.342 e. The van der Waals surface area contributed by atoms with E-state index >= 15 is 0 Å². The maximum atomic E-state index is 11.8. The number of H-pyrrole nitrogens is 2. The number of halogens is 1. The van der Waals surface area contributed by atoms with E-state index in [1.54, 1.807) is 12.1 Å². The highest BCUT2D eigenvalue weighted by atomic mass is 35.5. The maximum Gasteiger partial charge on any atom is 0.342 e. The molecule has 0 bridgehead atoms. The number of aromatic nitrogens is 3. The number of carbonyl (C=O) groups is 1. The topological polar surface area (TPSA) is 151 Å². The first-order valence-corrected chi connectivity index (χ1v) is 8.07. The van der Waals surface area contributed by atoms with E-state index in [0.29, 0.717) is 28.7 Å². The summed E-state index contributed by atoms with van der Waals surface area (Å²) >= 11 is 6.13. The van der Waals surface area contributed by atoms with Gasteiger partial charge in [-0.15, -0.1) is 5.10 Å². The van der Waals surface area contributed by atoms with Crippen molar-refractivity contribution in [1.29, 1.82) is 0 Å². The van der Waals surface area contributed by atoms with Crippen LogP contribution in [-0.4, -0.2) is 47.6 Å². The molecule has 0 aliphatic rings. The van der Waals surface area contributed by atoms with Gasteiger partial charge in [-0.1, -0.05) is 11.6 Å². The molecule has 1 heterocycles. The number of methoxy groups -OCH3 is 1. The summed E-state index contributed by atoms with van der Waals surface area (Å²) in [5.74, 6) is 0.119. The highest BCUT2D eigenvalue weighted by Crippen LogP contribution is 2.35. The summed E-state index contributed by atoms with van der Waals surface area (Å²) in [6.07, 6.45) is 1.37. The lowest BCUT2D eigenvalue weighted by Gasteiger charge is -2.11. The monoisotopic (exact) mass is 396 g/mol. The van der Waals surface area contributed by atoms with Crippen LogP contribution in [0.4, 0.5) is 5.82 Å². The molecule has 2 rings (SSSR count). The summed E-state index contributed by atoms with van der Waals surface area (Å²) in [6.45, 7) is 1.96. The fourth-order valence-electron chi connectivity index (χ4n) is 1.97. The van der Waals surface area contributed by atoms with Gasteiger partial charge in [0.25, 0.3) is 11.5 Å². The van der Waals surface area contributed by atoms with Gasteiger partial charge in [-0.3, -0.25) is 14.6 Å². The number of nitrogens with zero attached hydrogens (tertiary/aromatic N) is 2. The van der Waals surface area contributed by atoms with E-state index in [-0.39, 0.29) is 12.4 Å². The van der Waals surface area contributed by atoms with Crippen LogP contribution in [0, 0.1) is 0 Å². The van der Waals surface area contributed by atoms with Gasteiger partial charge < -0.3 is 14.8 Å². The van der Waals surface area contributed by atoms with E-state index in [1.807, 2.05) is 17.0 Å². The molecule has 2 aromatic rings. The van der Waals surface area contributed by atoms with Crippen molar-refractivity contribution in [3.8, 4) is 11.5 Å². The highest BCUT2D eigenvalue weighted by molar-refractivity contribution is 6.32. The Bertz CT molecular complexity index is 954. The lowest BCUT2D eigenvalue weighted by molar-refractivity contribution is -0.119. The minimum atomic E-state index is -0.746. The number of rotatable bonds is 8. The number of hydrogen-bond acceptors (Lipinski definition) is 8. The Morgan fingerprint density at radius 1 is 1.41 bits per heavy atom. The lowest BCUT2D eigenvalue weighted by atomic mass is 10.2. The Hall–Kier alpha value is -3.34. The van der Waals surface area contributed by atoms with Gasteiger partial charge in [-0.25, -0.2) is 15.3 Å². The van der Waals surface area contributed by atoms with Crippen molar-refractivity contribution in [2.24, 2.45) is 5.10 Å². The molecule has 0 atom stereocenters. The number of anilines is 1. The van der Waals surface area contributed by atoms with Crippen molar-refractivity contribution in [2.45, 2.75) is 6.92 Å². The molecule has 144 valence electrons. The van der Waals surface area contributed by atoms with E-state index in [4.69, 9.17) is 21.1 Å². The van der Waals surface area contributed by atoms with Crippen LogP contribution in [-0.2, 0) is 4.79 Å². The van der Waals surface area contributed by atoms with E-state index in [9.17, 15) is 14.4 Å². The van der Waals surface area contributed by atoms with Gasteiger partial charge in [0.2, 0.25) is 5.82 Å². The molecule has 0 saturated carbocycles. The van der Waals surface area contributed by atoms with Crippen LogP contribution in [0.1, 0.15) is 12.5 Å². The molecule has 1 aromatic heterocycles. The molecule has 0 unspecified atom stereocenters. The largest absolute Gasteiger partial charge is 0.491 e. The molecule has 0 aliphatic heterocycles. The molecule has 4 N–H and O–H groups in total. The fourth-order valence-corrected chi connectivity index (χ4v) is 2.27. The zero-order valence-electron chi connectivity index (χ0n) is 14.5. The molecule has 0 fully saturated rings. The first-order valence-electron chi connectivity index (χ1n) is 7.69. The number of nitrogens with one attached hydrogen (secondary N) is 4. The predicted octanol–water partition coefficient (Wildman–Crippen LogP) is 0.0811. The van der Waals surface area contributed by atoms with E-state index < -0.39 is 17.2 Å². The molecule has 0 radical (unpaired) electrons. The number of amides is 1. The molecule has 11 nitrogen and oxygen atoms in total. The summed E-state index contributed by atoms with van der Waals surface area (Å²) in [6, 6.07) is 3.26. The summed E-state index contributed by atoms with van der Waals surface area (Å²) in [4.78, 5) is 36.0. The molecule has 0 aliphatic carbocycles. The van der Waals surface area contributed by atoms with Gasteiger partial charge in [0, 0.05) is 0 Å². The number of aromatic amines is 2. The van der Waals surface area contributed by atoms with Crippen LogP contribution in [0.15, 0.2) is 26.8 Å². The van der Waals surface area contributed by atoms with E-state index in [2.05, 4.69) is 20.9 Å². The summed E-state index contributed by atoms with van der Waals surface area (Å²) in [7, 11) is 1.48. The molecule has 12 heteroatoms. The van der Waals surface area contributed by atoms with Crippen LogP contribution >= 0.6 is 11.6 Å². The minimum Gasteiger partial charge on any atom is -0.491 e. The molecule has 0 saturated heterocycles. The second-order valence-corrected chi connectivity index (χ2v) is 5.38. The quantitative estimate of drug-likeness (QED) is 0.364. The average Bonchev–Trinajstić information content (AvgIpc) is 2.61. The van der Waals surface area contributed by atoms with Crippen molar-refractivity contribution in [3.05, 3.63) is 43.6 Å². The highest BCUT2D eigenvalue weighted by Gasteiger charge is 2.11. The van der Waals surface area contributed by atoms with Crippen molar-refractivity contribution < 1.29 is 14.3 Å². The molecular weight excluding hydrogens is 380 g/mol. The fraction of sp³-hybridized carbons (Fsp3) is 0.267. The van der Waals surface area contributed by atoms with Gasteiger partial charge in [0.15, 0.2) is 11.5 Å². The standard InChI is InChI=1S/C15H17ClN6O5/c1-3-27-10-5-8(4-9(16)12(10)26-2)6-18-20-11(23)7-17-13-14(24)19-15(25)22-21-13/h4-6H,3,7H2,1-2H3,(H,17,21)(H,20,23)(H2,19,22,24,25)/b18-6+. The first kappa shape index (κ1) is 20.0. The van der Waals surface area contributed by atoms with Crippen LogP contribution in [0.3, 0.4) is 0 Å². The number of hydrazone groups is 1. The Balaban J connectivity index is 1.97. The van der Waals surface area contributed by atoms with Gasteiger partial charge >= 0.3 is 5.69 Å². The number of ether oxygens (including phenoxy) is 2. The Morgan fingerprint density at radius 3 is 2.85 bits per heavy atom. The SMILES string of the molecule is CCOc1cc(/C=N/NC(=O)CNc2n[nH]c(=O)[nH]c2=O)cc(Cl)c1OC. The molecule has 0 spiro atoms. The summed E-state index contributed by atoms with van der Waals surface area (Å²) in [5.41, 5.74) is 1.36. The molecule has 27 heavy (non-hydrogen) atoms. The van der Waals surface area contributed by atoms with Gasteiger partial charge in [0.1, 0.15) is 0 Å². The van der Waals surface area contributed by atoms with Crippen LogP contribution in [0.25, 0.3) is 0 Å². The first-order chi connectivity index (χ1) is 12.9.